The molecule has 0 aliphatic rings. The molecule has 3 rings (SSSR count). The first-order valence-corrected chi connectivity index (χ1v) is 8.29. The molecule has 1 heterocycles. The number of phenolic OH excluding ortho intramolecular Hbond substituents is 1. The molecule has 2 aromatic carbocycles. The van der Waals surface area contributed by atoms with Gasteiger partial charge in [0.15, 0.2) is 0 Å². The van der Waals surface area contributed by atoms with Crippen molar-refractivity contribution in [2.75, 3.05) is 4.72 Å². The van der Waals surface area contributed by atoms with E-state index in [2.05, 4.69) is 9.71 Å². The summed E-state index contributed by atoms with van der Waals surface area (Å²) >= 11 is 0. The van der Waals surface area contributed by atoms with Gasteiger partial charge in [-0.25, -0.2) is 13.2 Å². The first-order chi connectivity index (χ1) is 11.4. The molecule has 0 spiro atoms. The van der Waals surface area contributed by atoms with Crippen molar-refractivity contribution in [1.29, 1.82) is 0 Å². The van der Waals surface area contributed by atoms with Gasteiger partial charge in [0.05, 0.1) is 11.3 Å². The Kier molecular flexibility index (Phi) is 3.82. The van der Waals surface area contributed by atoms with Gasteiger partial charge in [0, 0.05) is 17.8 Å². The molecule has 0 aliphatic carbocycles. The fraction of sp³-hybridized carbons (Fsp3) is 0. The minimum atomic E-state index is -4.18. The number of aromatic nitrogens is 1. The van der Waals surface area contributed by atoms with Crippen LogP contribution in [0.25, 0.3) is 10.8 Å². The molecule has 0 atom stereocenters. The highest BCUT2D eigenvalue weighted by atomic mass is 32.2. The predicted molar refractivity (Wildman–Crippen MR) is 87.6 cm³/mol. The number of carboxylic acid groups (broad SMARTS) is 1. The third-order valence-electron chi connectivity index (χ3n) is 3.42. The molecule has 0 fully saturated rings. The van der Waals surface area contributed by atoms with E-state index >= 15 is 0 Å². The Hall–Kier alpha value is -3.13. The number of aromatic hydroxyl groups is 1. The van der Waals surface area contributed by atoms with Gasteiger partial charge < -0.3 is 10.2 Å². The molecule has 7 nitrogen and oxygen atoms in total. The second-order valence-corrected chi connectivity index (χ2v) is 6.65. The van der Waals surface area contributed by atoms with Crippen molar-refractivity contribution >= 4 is 32.5 Å². The number of nitrogens with zero attached hydrogens (tertiary/aromatic N) is 1. The number of pyridine rings is 1. The number of nitrogens with one attached hydrogen (secondary N) is 1. The maximum atomic E-state index is 12.6. The van der Waals surface area contributed by atoms with Gasteiger partial charge in [0.2, 0.25) is 0 Å². The number of carbonyl (C=O) groups is 1. The van der Waals surface area contributed by atoms with Crippen molar-refractivity contribution in [2.45, 2.75) is 4.90 Å². The maximum Gasteiger partial charge on any atom is 0.335 e. The second-order valence-electron chi connectivity index (χ2n) is 5.00. The van der Waals surface area contributed by atoms with Crippen LogP contribution in [0.5, 0.6) is 5.75 Å². The second kappa shape index (κ2) is 5.82. The summed E-state index contributed by atoms with van der Waals surface area (Å²) in [6.07, 6.45) is 3.10. The van der Waals surface area contributed by atoms with E-state index in [1.165, 1.54) is 6.20 Å². The minimum Gasteiger partial charge on any atom is -0.507 e. The summed E-state index contributed by atoms with van der Waals surface area (Å²) < 4.78 is 27.5. The smallest absolute Gasteiger partial charge is 0.335 e. The third kappa shape index (κ3) is 2.86. The summed E-state index contributed by atoms with van der Waals surface area (Å²) in [4.78, 5) is 14.5. The highest BCUT2D eigenvalue weighted by Gasteiger charge is 2.21. The van der Waals surface area contributed by atoms with Crippen LogP contribution in [0.15, 0.2) is 59.8 Å². The third-order valence-corrected chi connectivity index (χ3v) is 4.82. The Bertz CT molecular complexity index is 1040. The number of hydrogen-bond acceptors (Lipinski definition) is 5. The van der Waals surface area contributed by atoms with Gasteiger partial charge in [-0.15, -0.1) is 0 Å². The Balaban J connectivity index is 2.09. The number of carboxylic acids is 1. The van der Waals surface area contributed by atoms with Gasteiger partial charge in [-0.1, -0.05) is 12.1 Å². The molecule has 1 aromatic heterocycles. The van der Waals surface area contributed by atoms with Crippen molar-refractivity contribution in [3.63, 3.8) is 0 Å². The van der Waals surface area contributed by atoms with Gasteiger partial charge in [-0.3, -0.25) is 9.71 Å². The molecule has 0 aliphatic heterocycles. The van der Waals surface area contributed by atoms with E-state index in [0.29, 0.717) is 5.39 Å². The molecule has 0 unspecified atom stereocenters. The van der Waals surface area contributed by atoms with Crippen molar-refractivity contribution in [1.82, 2.24) is 4.98 Å². The molecule has 0 saturated heterocycles. The number of aromatic carboxylic acids is 1. The zero-order valence-corrected chi connectivity index (χ0v) is 13.0. The molecule has 0 saturated carbocycles. The predicted octanol–water partition coefficient (Wildman–Crippen LogP) is 2.44. The quantitative estimate of drug-likeness (QED) is 0.669. The number of hydrogen-bond donors (Lipinski definition) is 3. The number of sulfonamides is 1. The molecule has 0 amide bonds. The fourth-order valence-corrected chi connectivity index (χ4v) is 3.47. The average molecular weight is 344 g/mol. The van der Waals surface area contributed by atoms with Crippen LogP contribution < -0.4 is 4.72 Å². The summed E-state index contributed by atoms with van der Waals surface area (Å²) in [6, 6.07) is 9.82. The van der Waals surface area contributed by atoms with Gasteiger partial charge >= 0.3 is 5.97 Å². The first kappa shape index (κ1) is 15.8. The molecule has 24 heavy (non-hydrogen) atoms. The van der Waals surface area contributed by atoms with E-state index in [-0.39, 0.29) is 11.3 Å². The number of anilines is 1. The number of rotatable bonds is 4. The lowest BCUT2D eigenvalue weighted by Gasteiger charge is -2.12. The Morgan fingerprint density at radius 3 is 2.67 bits per heavy atom. The van der Waals surface area contributed by atoms with E-state index in [0.717, 1.165) is 23.6 Å². The topological polar surface area (TPSA) is 117 Å². The Morgan fingerprint density at radius 2 is 1.92 bits per heavy atom. The fourth-order valence-electron chi connectivity index (χ4n) is 2.26. The average Bonchev–Trinajstić information content (AvgIpc) is 2.55. The van der Waals surface area contributed by atoms with Crippen LogP contribution in [0.2, 0.25) is 0 Å². The summed E-state index contributed by atoms with van der Waals surface area (Å²) in [6.45, 7) is 0. The SMILES string of the molecule is O=C(O)c1ccc(O)c(S(=O)(=O)Nc2cccc3ccncc23)c1. The monoisotopic (exact) mass is 344 g/mol. The number of phenols is 1. The van der Waals surface area contributed by atoms with Crippen LogP contribution in [-0.4, -0.2) is 29.6 Å². The Morgan fingerprint density at radius 1 is 1.12 bits per heavy atom. The standard InChI is InChI=1S/C16H12N2O5S/c19-14-5-4-11(16(20)21)8-15(14)24(22,23)18-13-3-1-2-10-6-7-17-9-12(10)13/h1-9,18-19H,(H,20,21). The lowest BCUT2D eigenvalue weighted by Crippen LogP contribution is -2.14. The summed E-state index contributed by atoms with van der Waals surface area (Å²) in [7, 11) is -4.18. The molecule has 3 aromatic rings. The normalized spacial score (nSPS) is 11.3. The van der Waals surface area contributed by atoms with E-state index < -0.39 is 26.6 Å². The highest BCUT2D eigenvalue weighted by molar-refractivity contribution is 7.92. The lowest BCUT2D eigenvalue weighted by atomic mass is 10.1. The van der Waals surface area contributed by atoms with Crippen LogP contribution in [0.3, 0.4) is 0 Å². The highest BCUT2D eigenvalue weighted by Crippen LogP contribution is 2.29. The zero-order chi connectivity index (χ0) is 17.3. The maximum absolute atomic E-state index is 12.6. The zero-order valence-electron chi connectivity index (χ0n) is 12.2. The van der Waals surface area contributed by atoms with Gasteiger partial charge in [0.25, 0.3) is 10.0 Å². The van der Waals surface area contributed by atoms with Gasteiger partial charge in [-0.2, -0.15) is 0 Å². The summed E-state index contributed by atoms with van der Waals surface area (Å²) in [5.74, 6) is -1.83. The van der Waals surface area contributed by atoms with Crippen molar-refractivity contribution in [3.05, 3.63) is 60.4 Å². The molecule has 122 valence electrons. The van der Waals surface area contributed by atoms with Crippen LogP contribution in [0, 0.1) is 0 Å². The van der Waals surface area contributed by atoms with E-state index in [4.69, 9.17) is 5.11 Å². The van der Waals surface area contributed by atoms with Crippen LogP contribution >= 0.6 is 0 Å². The van der Waals surface area contributed by atoms with Crippen LogP contribution in [0.4, 0.5) is 5.69 Å². The molecule has 3 N–H and O–H groups in total. The van der Waals surface area contributed by atoms with Crippen LogP contribution in [0.1, 0.15) is 10.4 Å². The van der Waals surface area contributed by atoms with Gasteiger partial charge in [0.1, 0.15) is 10.6 Å². The summed E-state index contributed by atoms with van der Waals surface area (Å²) in [5, 5.41) is 20.2. The van der Waals surface area contributed by atoms with Gasteiger partial charge in [-0.05, 0) is 35.7 Å². The minimum absolute atomic E-state index is 0.243. The first-order valence-electron chi connectivity index (χ1n) is 6.80. The molecule has 0 radical (unpaired) electrons. The molecule has 8 heteroatoms. The van der Waals surface area contributed by atoms with E-state index in [1.54, 1.807) is 30.5 Å². The van der Waals surface area contributed by atoms with Crippen LogP contribution in [-0.2, 0) is 10.0 Å². The van der Waals surface area contributed by atoms with E-state index in [9.17, 15) is 18.3 Å². The molecular weight excluding hydrogens is 332 g/mol. The Labute approximate surface area is 137 Å². The van der Waals surface area contributed by atoms with Crippen molar-refractivity contribution in [3.8, 4) is 5.75 Å². The number of fused-ring (bicyclic) bond motifs is 1. The lowest BCUT2D eigenvalue weighted by molar-refractivity contribution is 0.0696. The number of benzene rings is 2. The van der Waals surface area contributed by atoms with E-state index in [1.807, 2.05) is 0 Å². The summed E-state index contributed by atoms with van der Waals surface area (Å²) in [5.41, 5.74) is 0.0356. The molecule has 0 bridgehead atoms. The largest absolute Gasteiger partial charge is 0.507 e. The van der Waals surface area contributed by atoms with Crippen molar-refractivity contribution in [2.24, 2.45) is 0 Å². The molecular formula is C16H12N2O5S. The van der Waals surface area contributed by atoms with Crippen molar-refractivity contribution < 1.29 is 23.4 Å².